The lowest BCUT2D eigenvalue weighted by Gasteiger charge is -1.96. The highest BCUT2D eigenvalue weighted by molar-refractivity contribution is 6.30. The van der Waals surface area contributed by atoms with E-state index in [1.54, 1.807) is 6.07 Å². The first-order valence-electron chi connectivity index (χ1n) is 3.69. The maximum Gasteiger partial charge on any atom is 0.180 e. The van der Waals surface area contributed by atoms with Crippen LogP contribution in [0.15, 0.2) is 12.4 Å². The number of imidazole rings is 1. The molecular formula is C8H6ClN3O. The number of hydrogen-bond acceptors (Lipinski definition) is 3. The first-order valence-corrected chi connectivity index (χ1v) is 4.07. The van der Waals surface area contributed by atoms with Crippen LogP contribution < -0.4 is 0 Å². The highest BCUT2D eigenvalue weighted by Gasteiger charge is 2.10. The van der Waals surface area contributed by atoms with Gasteiger partial charge in [-0.05, 0) is 0 Å². The monoisotopic (exact) mass is 195 g/mol. The summed E-state index contributed by atoms with van der Waals surface area (Å²) in [6.45, 7) is 1.44. The van der Waals surface area contributed by atoms with Crippen molar-refractivity contribution in [2.45, 2.75) is 6.92 Å². The molecule has 4 nitrogen and oxygen atoms in total. The Kier molecular flexibility index (Phi) is 1.77. The van der Waals surface area contributed by atoms with Gasteiger partial charge in [0.05, 0.1) is 11.8 Å². The maximum absolute atomic E-state index is 11.1. The van der Waals surface area contributed by atoms with Crippen molar-refractivity contribution in [3.8, 4) is 0 Å². The molecule has 0 aliphatic rings. The predicted octanol–water partition coefficient (Wildman–Crippen LogP) is 1.81. The lowest BCUT2D eigenvalue weighted by atomic mass is 10.2. The highest BCUT2D eigenvalue weighted by atomic mass is 35.5. The van der Waals surface area contributed by atoms with Gasteiger partial charge in [0.15, 0.2) is 5.78 Å². The van der Waals surface area contributed by atoms with Gasteiger partial charge < -0.3 is 4.98 Å². The standard InChI is InChI=1S/C8H6ClN3O/c1-4(13)7-8-5(10-3-11-8)2-6(9)12-7/h2-3H,1H3,(H,10,11). The summed E-state index contributed by atoms with van der Waals surface area (Å²) in [5.74, 6) is -0.139. The Hall–Kier alpha value is -1.42. The summed E-state index contributed by atoms with van der Waals surface area (Å²) in [4.78, 5) is 21.9. The van der Waals surface area contributed by atoms with Crippen LogP contribution in [0, 0.1) is 0 Å². The molecule has 0 atom stereocenters. The van der Waals surface area contributed by atoms with Crippen molar-refractivity contribution >= 4 is 28.4 Å². The maximum atomic E-state index is 11.1. The molecule has 0 radical (unpaired) electrons. The van der Waals surface area contributed by atoms with Crippen LogP contribution in [-0.2, 0) is 0 Å². The molecule has 0 saturated heterocycles. The van der Waals surface area contributed by atoms with E-state index in [2.05, 4.69) is 15.0 Å². The van der Waals surface area contributed by atoms with E-state index in [0.29, 0.717) is 16.4 Å². The second kappa shape index (κ2) is 2.81. The number of aromatic nitrogens is 3. The molecule has 2 heterocycles. The second-order valence-corrected chi connectivity index (χ2v) is 3.04. The molecule has 0 saturated carbocycles. The van der Waals surface area contributed by atoms with Crippen LogP contribution in [-0.4, -0.2) is 20.7 Å². The van der Waals surface area contributed by atoms with Crippen LogP contribution >= 0.6 is 11.6 Å². The van der Waals surface area contributed by atoms with Gasteiger partial charge in [-0.15, -0.1) is 0 Å². The smallest absolute Gasteiger partial charge is 0.180 e. The summed E-state index contributed by atoms with van der Waals surface area (Å²) in [5.41, 5.74) is 1.60. The van der Waals surface area contributed by atoms with Crippen LogP contribution in [0.25, 0.3) is 11.0 Å². The predicted molar refractivity (Wildman–Crippen MR) is 48.9 cm³/mol. The number of fused-ring (bicyclic) bond motifs is 1. The number of nitrogens with zero attached hydrogens (tertiary/aromatic N) is 2. The number of rotatable bonds is 1. The lowest BCUT2D eigenvalue weighted by molar-refractivity contribution is 0.101. The molecule has 1 N–H and O–H groups in total. The summed E-state index contributed by atoms with van der Waals surface area (Å²) in [5, 5.41) is 0.293. The van der Waals surface area contributed by atoms with E-state index >= 15 is 0 Å². The number of hydrogen-bond donors (Lipinski definition) is 1. The van der Waals surface area contributed by atoms with Gasteiger partial charge >= 0.3 is 0 Å². The number of aromatic amines is 1. The van der Waals surface area contributed by atoms with Crippen LogP contribution in [0.1, 0.15) is 17.4 Å². The second-order valence-electron chi connectivity index (χ2n) is 2.65. The average Bonchev–Trinajstić information content (AvgIpc) is 2.49. The summed E-state index contributed by atoms with van der Waals surface area (Å²) >= 11 is 5.71. The van der Waals surface area contributed by atoms with Gasteiger partial charge in [-0.2, -0.15) is 0 Å². The number of ketones is 1. The number of nitrogens with one attached hydrogen (secondary N) is 1. The van der Waals surface area contributed by atoms with E-state index in [1.165, 1.54) is 13.3 Å². The summed E-state index contributed by atoms with van der Waals surface area (Å²) in [7, 11) is 0. The molecule has 2 rings (SSSR count). The fourth-order valence-electron chi connectivity index (χ4n) is 1.16. The van der Waals surface area contributed by atoms with Gasteiger partial charge in [-0.1, -0.05) is 11.6 Å². The highest BCUT2D eigenvalue weighted by Crippen LogP contribution is 2.17. The molecule has 0 unspecified atom stereocenters. The molecule has 2 aromatic rings. The van der Waals surface area contributed by atoms with Crippen molar-refractivity contribution in [3.63, 3.8) is 0 Å². The first-order chi connectivity index (χ1) is 6.18. The summed E-state index contributed by atoms with van der Waals surface area (Å²) in [6, 6.07) is 1.64. The van der Waals surface area contributed by atoms with E-state index in [0.717, 1.165) is 5.52 Å². The topological polar surface area (TPSA) is 58.6 Å². The number of H-pyrrole nitrogens is 1. The third-order valence-corrected chi connectivity index (χ3v) is 1.90. The zero-order valence-corrected chi connectivity index (χ0v) is 7.59. The molecule has 0 bridgehead atoms. The minimum atomic E-state index is -0.139. The summed E-state index contributed by atoms with van der Waals surface area (Å²) in [6.07, 6.45) is 1.51. The van der Waals surface area contributed by atoms with E-state index < -0.39 is 0 Å². The van der Waals surface area contributed by atoms with Gasteiger partial charge in [0.25, 0.3) is 0 Å². The van der Waals surface area contributed by atoms with Crippen molar-refractivity contribution in [2.24, 2.45) is 0 Å². The van der Waals surface area contributed by atoms with Crippen molar-refractivity contribution in [2.75, 3.05) is 0 Å². The number of carbonyl (C=O) groups is 1. The quantitative estimate of drug-likeness (QED) is 0.558. The Morgan fingerprint density at radius 2 is 2.38 bits per heavy atom. The SMILES string of the molecule is CC(=O)c1nc(Cl)cc2[nH]cnc12. The Morgan fingerprint density at radius 3 is 3.08 bits per heavy atom. The Labute approximate surface area is 79.0 Å². The molecule has 0 aliphatic carbocycles. The van der Waals surface area contributed by atoms with Gasteiger partial charge in [-0.25, -0.2) is 9.97 Å². The zero-order valence-electron chi connectivity index (χ0n) is 6.84. The minimum Gasteiger partial charge on any atom is -0.344 e. The molecule has 5 heteroatoms. The van der Waals surface area contributed by atoms with Crippen LogP contribution in [0.3, 0.4) is 0 Å². The first kappa shape index (κ1) is 8.19. The summed E-state index contributed by atoms with van der Waals surface area (Å²) < 4.78 is 0. The minimum absolute atomic E-state index is 0.139. The third kappa shape index (κ3) is 1.29. The normalized spacial score (nSPS) is 10.6. The molecule has 13 heavy (non-hydrogen) atoms. The molecule has 0 aromatic carbocycles. The fraction of sp³-hybridized carbons (Fsp3) is 0.125. The molecule has 0 amide bonds. The molecule has 2 aromatic heterocycles. The van der Waals surface area contributed by atoms with E-state index in [-0.39, 0.29) is 5.78 Å². The molecule has 0 aliphatic heterocycles. The van der Waals surface area contributed by atoms with Crippen molar-refractivity contribution in [1.29, 1.82) is 0 Å². The van der Waals surface area contributed by atoms with Crippen LogP contribution in [0.2, 0.25) is 5.15 Å². The van der Waals surface area contributed by atoms with Gasteiger partial charge in [-0.3, -0.25) is 4.79 Å². The number of pyridine rings is 1. The van der Waals surface area contributed by atoms with Crippen LogP contribution in [0.5, 0.6) is 0 Å². The van der Waals surface area contributed by atoms with Crippen molar-refractivity contribution in [3.05, 3.63) is 23.2 Å². The van der Waals surface area contributed by atoms with E-state index in [4.69, 9.17) is 11.6 Å². The Bertz CT molecular complexity index is 477. The zero-order chi connectivity index (χ0) is 9.42. The number of Topliss-reactive ketones (excluding diaryl/α,β-unsaturated/α-hetero) is 1. The molecular weight excluding hydrogens is 190 g/mol. The Balaban J connectivity index is 2.84. The van der Waals surface area contributed by atoms with Gasteiger partial charge in [0.2, 0.25) is 0 Å². The van der Waals surface area contributed by atoms with Gasteiger partial charge in [0, 0.05) is 13.0 Å². The number of halogens is 1. The van der Waals surface area contributed by atoms with Crippen molar-refractivity contribution in [1.82, 2.24) is 15.0 Å². The van der Waals surface area contributed by atoms with E-state index in [1.807, 2.05) is 0 Å². The lowest BCUT2D eigenvalue weighted by Crippen LogP contribution is -1.98. The van der Waals surface area contributed by atoms with Crippen LogP contribution in [0.4, 0.5) is 0 Å². The average molecular weight is 196 g/mol. The molecule has 66 valence electrons. The van der Waals surface area contributed by atoms with E-state index in [9.17, 15) is 4.79 Å². The molecule has 0 spiro atoms. The van der Waals surface area contributed by atoms with Gasteiger partial charge in [0.1, 0.15) is 16.4 Å². The number of carbonyl (C=O) groups excluding carboxylic acids is 1. The largest absolute Gasteiger partial charge is 0.344 e. The Morgan fingerprint density at radius 1 is 1.62 bits per heavy atom. The fourth-order valence-corrected chi connectivity index (χ4v) is 1.35. The van der Waals surface area contributed by atoms with Crippen molar-refractivity contribution < 1.29 is 4.79 Å². The third-order valence-electron chi connectivity index (χ3n) is 1.71. The molecule has 0 fully saturated rings.